The van der Waals surface area contributed by atoms with E-state index in [1.54, 1.807) is 0 Å². The molecule has 0 amide bonds. The summed E-state index contributed by atoms with van der Waals surface area (Å²) in [7, 11) is 0. The molecule has 0 fully saturated rings. The predicted molar refractivity (Wildman–Crippen MR) is 54.2 cm³/mol. The fraction of sp³-hybridized carbons (Fsp3) is 1.00. The first-order valence-electron chi connectivity index (χ1n) is 4.89. The molecule has 0 aliphatic heterocycles. The van der Waals surface area contributed by atoms with E-state index in [4.69, 9.17) is 5.73 Å². The van der Waals surface area contributed by atoms with Crippen LogP contribution < -0.4 is 16.4 Å². The maximum atomic E-state index is 5.35. The minimum absolute atomic E-state index is 0.744. The highest BCUT2D eigenvalue weighted by Gasteiger charge is 1.91. The third-order valence-corrected chi connectivity index (χ3v) is 1.59. The Morgan fingerprint density at radius 3 is 2.33 bits per heavy atom. The molecule has 0 saturated carbocycles. The Bertz CT molecular complexity index is 83.8. The lowest BCUT2D eigenvalue weighted by Crippen LogP contribution is -2.30. The first kappa shape index (κ1) is 11.9. The van der Waals surface area contributed by atoms with Crippen LogP contribution in [0.15, 0.2) is 0 Å². The van der Waals surface area contributed by atoms with E-state index in [9.17, 15) is 0 Å². The third-order valence-electron chi connectivity index (χ3n) is 1.59. The SMILES string of the molecule is CC(C)CNCCNCCCN. The second kappa shape index (κ2) is 8.97. The minimum Gasteiger partial charge on any atom is -0.330 e. The van der Waals surface area contributed by atoms with Crippen molar-refractivity contribution >= 4 is 0 Å². The van der Waals surface area contributed by atoms with Crippen molar-refractivity contribution in [3.8, 4) is 0 Å². The van der Waals surface area contributed by atoms with Crippen molar-refractivity contribution in [2.45, 2.75) is 20.3 Å². The molecule has 0 unspecified atom stereocenters. The van der Waals surface area contributed by atoms with E-state index in [0.717, 1.165) is 45.1 Å². The van der Waals surface area contributed by atoms with E-state index in [0.29, 0.717) is 0 Å². The van der Waals surface area contributed by atoms with Gasteiger partial charge in [-0.15, -0.1) is 0 Å². The van der Waals surface area contributed by atoms with Crippen LogP contribution in [0.1, 0.15) is 20.3 Å². The second-order valence-corrected chi connectivity index (χ2v) is 3.49. The molecule has 12 heavy (non-hydrogen) atoms. The summed E-state index contributed by atoms with van der Waals surface area (Å²) in [5.41, 5.74) is 5.35. The van der Waals surface area contributed by atoms with Crippen molar-refractivity contribution in [2.24, 2.45) is 11.7 Å². The molecule has 0 atom stereocenters. The number of hydrogen-bond donors (Lipinski definition) is 3. The summed E-state index contributed by atoms with van der Waals surface area (Å²) in [6, 6.07) is 0. The topological polar surface area (TPSA) is 50.1 Å². The number of hydrogen-bond acceptors (Lipinski definition) is 3. The van der Waals surface area contributed by atoms with Gasteiger partial charge in [0.15, 0.2) is 0 Å². The van der Waals surface area contributed by atoms with Gasteiger partial charge in [0.05, 0.1) is 0 Å². The normalized spacial score (nSPS) is 11.0. The molecule has 3 nitrogen and oxygen atoms in total. The van der Waals surface area contributed by atoms with Crippen LogP contribution in [-0.4, -0.2) is 32.7 Å². The Morgan fingerprint density at radius 2 is 1.75 bits per heavy atom. The zero-order chi connectivity index (χ0) is 9.23. The van der Waals surface area contributed by atoms with E-state index in [1.165, 1.54) is 0 Å². The Kier molecular flexibility index (Phi) is 8.88. The van der Waals surface area contributed by atoms with Crippen molar-refractivity contribution in [1.82, 2.24) is 10.6 Å². The van der Waals surface area contributed by atoms with Crippen molar-refractivity contribution in [2.75, 3.05) is 32.7 Å². The molecule has 0 aliphatic rings. The molecule has 0 aromatic heterocycles. The Balaban J connectivity index is 2.82. The summed E-state index contributed by atoms with van der Waals surface area (Å²) >= 11 is 0. The van der Waals surface area contributed by atoms with Crippen LogP contribution in [0.2, 0.25) is 0 Å². The van der Waals surface area contributed by atoms with Gasteiger partial charge < -0.3 is 16.4 Å². The average molecular weight is 173 g/mol. The highest BCUT2D eigenvalue weighted by molar-refractivity contribution is 4.54. The molecule has 0 bridgehead atoms. The summed E-state index contributed by atoms with van der Waals surface area (Å²) < 4.78 is 0. The molecule has 0 aromatic carbocycles. The van der Waals surface area contributed by atoms with Crippen LogP contribution in [-0.2, 0) is 0 Å². The van der Waals surface area contributed by atoms with Gasteiger partial charge in [0.1, 0.15) is 0 Å². The van der Waals surface area contributed by atoms with Crippen LogP contribution >= 0.6 is 0 Å². The number of nitrogens with two attached hydrogens (primary N) is 1. The number of rotatable bonds is 8. The van der Waals surface area contributed by atoms with Gasteiger partial charge in [-0.05, 0) is 32.0 Å². The van der Waals surface area contributed by atoms with Gasteiger partial charge in [-0.1, -0.05) is 13.8 Å². The average Bonchev–Trinajstić information content (AvgIpc) is 2.02. The molecule has 0 spiro atoms. The summed E-state index contributed by atoms with van der Waals surface area (Å²) in [5.74, 6) is 0.744. The lowest BCUT2D eigenvalue weighted by atomic mass is 10.2. The monoisotopic (exact) mass is 173 g/mol. The van der Waals surface area contributed by atoms with E-state index < -0.39 is 0 Å². The summed E-state index contributed by atoms with van der Waals surface area (Å²) in [6.45, 7) is 9.48. The zero-order valence-electron chi connectivity index (χ0n) is 8.40. The minimum atomic E-state index is 0.744. The van der Waals surface area contributed by atoms with Crippen molar-refractivity contribution in [3.05, 3.63) is 0 Å². The number of nitrogens with one attached hydrogen (secondary N) is 2. The fourth-order valence-electron chi connectivity index (χ4n) is 0.920. The molecular formula is C9H23N3. The molecule has 0 aliphatic carbocycles. The fourth-order valence-corrected chi connectivity index (χ4v) is 0.920. The van der Waals surface area contributed by atoms with E-state index >= 15 is 0 Å². The van der Waals surface area contributed by atoms with Crippen molar-refractivity contribution < 1.29 is 0 Å². The van der Waals surface area contributed by atoms with Crippen LogP contribution in [0.3, 0.4) is 0 Å². The molecule has 0 heterocycles. The van der Waals surface area contributed by atoms with E-state index in [1.807, 2.05) is 0 Å². The van der Waals surface area contributed by atoms with Gasteiger partial charge >= 0.3 is 0 Å². The highest BCUT2D eigenvalue weighted by Crippen LogP contribution is 1.85. The quantitative estimate of drug-likeness (QED) is 0.459. The molecule has 0 saturated heterocycles. The lowest BCUT2D eigenvalue weighted by Gasteiger charge is -2.07. The zero-order valence-corrected chi connectivity index (χ0v) is 8.40. The van der Waals surface area contributed by atoms with Gasteiger partial charge in [0, 0.05) is 13.1 Å². The van der Waals surface area contributed by atoms with Gasteiger partial charge in [-0.25, -0.2) is 0 Å². The molecule has 0 radical (unpaired) electrons. The second-order valence-electron chi connectivity index (χ2n) is 3.49. The van der Waals surface area contributed by atoms with Gasteiger partial charge in [0.2, 0.25) is 0 Å². The maximum absolute atomic E-state index is 5.35. The highest BCUT2D eigenvalue weighted by atomic mass is 14.9. The molecule has 74 valence electrons. The van der Waals surface area contributed by atoms with Crippen LogP contribution in [0.4, 0.5) is 0 Å². The lowest BCUT2D eigenvalue weighted by molar-refractivity contribution is 0.533. The van der Waals surface area contributed by atoms with Gasteiger partial charge in [0.25, 0.3) is 0 Å². The maximum Gasteiger partial charge on any atom is 0.00768 e. The largest absolute Gasteiger partial charge is 0.330 e. The summed E-state index contributed by atoms with van der Waals surface area (Å²) in [5, 5.41) is 6.69. The first-order valence-corrected chi connectivity index (χ1v) is 4.89. The van der Waals surface area contributed by atoms with E-state index in [2.05, 4.69) is 24.5 Å². The molecule has 0 rings (SSSR count). The first-order chi connectivity index (χ1) is 5.77. The summed E-state index contributed by atoms with van der Waals surface area (Å²) in [4.78, 5) is 0. The Labute approximate surface area is 76.1 Å². The van der Waals surface area contributed by atoms with Crippen LogP contribution in [0.25, 0.3) is 0 Å². The van der Waals surface area contributed by atoms with Crippen LogP contribution in [0, 0.1) is 5.92 Å². The van der Waals surface area contributed by atoms with Crippen LogP contribution in [0.5, 0.6) is 0 Å². The molecule has 4 N–H and O–H groups in total. The molecule has 0 aromatic rings. The Morgan fingerprint density at radius 1 is 1.08 bits per heavy atom. The third kappa shape index (κ3) is 9.88. The smallest absolute Gasteiger partial charge is 0.00768 e. The Hall–Kier alpha value is -0.120. The van der Waals surface area contributed by atoms with E-state index in [-0.39, 0.29) is 0 Å². The van der Waals surface area contributed by atoms with Crippen molar-refractivity contribution in [1.29, 1.82) is 0 Å². The van der Waals surface area contributed by atoms with Gasteiger partial charge in [-0.2, -0.15) is 0 Å². The standard InChI is InChI=1S/C9H23N3/c1-9(2)8-12-7-6-11-5-3-4-10/h9,11-12H,3-8,10H2,1-2H3. The van der Waals surface area contributed by atoms with Crippen molar-refractivity contribution in [3.63, 3.8) is 0 Å². The predicted octanol–water partition coefficient (Wildman–Crippen LogP) is 0.170. The van der Waals surface area contributed by atoms with Gasteiger partial charge in [-0.3, -0.25) is 0 Å². The molecule has 3 heteroatoms. The molecular weight excluding hydrogens is 150 g/mol. The summed E-state index contributed by atoms with van der Waals surface area (Å²) in [6.07, 6.45) is 1.07.